The fourth-order valence-corrected chi connectivity index (χ4v) is 2.33. The zero-order chi connectivity index (χ0) is 13.0. The zero-order valence-corrected chi connectivity index (χ0v) is 11.1. The molecule has 2 N–H and O–H groups in total. The molecule has 0 aromatic heterocycles. The second kappa shape index (κ2) is 5.98. The van der Waals surface area contributed by atoms with Crippen molar-refractivity contribution in [2.24, 2.45) is 0 Å². The van der Waals surface area contributed by atoms with E-state index in [0.29, 0.717) is 6.04 Å². The first-order chi connectivity index (χ1) is 8.65. The van der Waals surface area contributed by atoms with Gasteiger partial charge in [0.1, 0.15) is 0 Å². The Morgan fingerprint density at radius 3 is 2.72 bits per heavy atom. The monoisotopic (exact) mass is 247 g/mol. The van der Waals surface area contributed by atoms with Crippen molar-refractivity contribution < 1.29 is 4.79 Å². The molecule has 1 unspecified atom stereocenters. The predicted octanol–water partition coefficient (Wildman–Crippen LogP) is 1.44. The van der Waals surface area contributed by atoms with E-state index in [2.05, 4.69) is 34.7 Å². The van der Waals surface area contributed by atoms with E-state index in [1.54, 1.807) is 0 Å². The topological polar surface area (TPSA) is 44.4 Å². The molecule has 0 spiro atoms. The number of hydrogen-bond acceptors (Lipinski definition) is 3. The van der Waals surface area contributed by atoms with Crippen molar-refractivity contribution in [2.45, 2.75) is 25.9 Å². The van der Waals surface area contributed by atoms with Gasteiger partial charge in [0.05, 0.1) is 0 Å². The summed E-state index contributed by atoms with van der Waals surface area (Å²) in [4.78, 5) is 13.3. The van der Waals surface area contributed by atoms with E-state index in [0.717, 1.165) is 25.3 Å². The van der Waals surface area contributed by atoms with Crippen LogP contribution in [0, 0.1) is 0 Å². The number of rotatable bonds is 4. The third-order valence-corrected chi connectivity index (χ3v) is 3.36. The second-order valence-corrected chi connectivity index (χ2v) is 4.94. The predicted molar refractivity (Wildman–Crippen MR) is 73.5 cm³/mol. The normalized spacial score (nSPS) is 19.2. The molecule has 1 aromatic rings. The summed E-state index contributed by atoms with van der Waals surface area (Å²) in [5.41, 5.74) is 2.13. The van der Waals surface area contributed by atoms with Gasteiger partial charge in [-0.3, -0.25) is 9.69 Å². The molecule has 0 saturated carbocycles. The summed E-state index contributed by atoms with van der Waals surface area (Å²) < 4.78 is 0. The highest BCUT2D eigenvalue weighted by atomic mass is 16.1. The number of nitrogens with zero attached hydrogens (tertiary/aromatic N) is 1. The van der Waals surface area contributed by atoms with E-state index in [-0.39, 0.29) is 5.91 Å². The van der Waals surface area contributed by atoms with Gasteiger partial charge in [-0.2, -0.15) is 0 Å². The van der Waals surface area contributed by atoms with Crippen LogP contribution < -0.4 is 10.6 Å². The van der Waals surface area contributed by atoms with Gasteiger partial charge in [0.2, 0.25) is 5.91 Å². The van der Waals surface area contributed by atoms with Crippen molar-refractivity contribution >= 4 is 11.6 Å². The molecule has 18 heavy (non-hydrogen) atoms. The molecular weight excluding hydrogens is 226 g/mol. The lowest BCUT2D eigenvalue weighted by Gasteiger charge is -2.23. The van der Waals surface area contributed by atoms with E-state index >= 15 is 0 Å². The third kappa shape index (κ3) is 3.55. The molecule has 1 aromatic carbocycles. The fourth-order valence-electron chi connectivity index (χ4n) is 2.33. The number of carbonyl (C=O) groups excluding carboxylic acids is 1. The van der Waals surface area contributed by atoms with Gasteiger partial charge >= 0.3 is 0 Å². The summed E-state index contributed by atoms with van der Waals surface area (Å²) in [5, 5.41) is 6.16. The maximum Gasteiger partial charge on any atom is 0.221 e. The molecule has 0 aliphatic carbocycles. The lowest BCUT2D eigenvalue weighted by atomic mass is 10.1. The summed E-state index contributed by atoms with van der Waals surface area (Å²) in [6, 6.07) is 8.70. The third-order valence-electron chi connectivity index (χ3n) is 3.36. The molecule has 4 nitrogen and oxygen atoms in total. The Morgan fingerprint density at radius 2 is 2.17 bits per heavy atom. The highest BCUT2D eigenvalue weighted by molar-refractivity contribution is 5.88. The number of anilines is 1. The molecule has 1 fully saturated rings. The molecule has 0 bridgehead atoms. The van der Waals surface area contributed by atoms with Gasteiger partial charge in [0, 0.05) is 31.7 Å². The Kier molecular flexibility index (Phi) is 4.33. The van der Waals surface area contributed by atoms with Crippen LogP contribution in [-0.2, 0) is 11.3 Å². The smallest absolute Gasteiger partial charge is 0.221 e. The van der Waals surface area contributed by atoms with Crippen molar-refractivity contribution in [3.05, 3.63) is 29.8 Å². The molecule has 1 aliphatic rings. The summed E-state index contributed by atoms with van der Waals surface area (Å²) in [6.45, 7) is 4.68. The van der Waals surface area contributed by atoms with Crippen molar-refractivity contribution in [1.82, 2.24) is 10.2 Å². The average Bonchev–Trinajstić information content (AvgIpc) is 2.84. The van der Waals surface area contributed by atoms with E-state index in [1.165, 1.54) is 18.9 Å². The Labute approximate surface area is 108 Å². The van der Waals surface area contributed by atoms with Crippen LogP contribution in [0.1, 0.15) is 18.9 Å². The largest absolute Gasteiger partial charge is 0.326 e. The summed E-state index contributed by atoms with van der Waals surface area (Å²) in [7, 11) is 2.17. The standard InChI is InChI=1S/C14H21N3O/c1-11(18)16-13-5-3-12(4-6-13)10-17(2)14-7-8-15-9-14/h3-6,14-15H,7-10H2,1-2H3,(H,16,18). The Morgan fingerprint density at radius 1 is 1.44 bits per heavy atom. The van der Waals surface area contributed by atoms with E-state index in [9.17, 15) is 4.79 Å². The van der Waals surface area contributed by atoms with Gasteiger partial charge in [0.15, 0.2) is 0 Å². The van der Waals surface area contributed by atoms with Crippen LogP contribution in [0.15, 0.2) is 24.3 Å². The first-order valence-corrected chi connectivity index (χ1v) is 6.42. The van der Waals surface area contributed by atoms with Gasteiger partial charge in [-0.05, 0) is 37.7 Å². The molecule has 2 rings (SSSR count). The van der Waals surface area contributed by atoms with Crippen LogP contribution in [0.3, 0.4) is 0 Å². The number of carbonyl (C=O) groups is 1. The number of nitrogens with one attached hydrogen (secondary N) is 2. The van der Waals surface area contributed by atoms with Gasteiger partial charge in [-0.1, -0.05) is 12.1 Å². The van der Waals surface area contributed by atoms with E-state index in [1.807, 2.05) is 12.1 Å². The molecule has 1 saturated heterocycles. The van der Waals surface area contributed by atoms with Crippen molar-refractivity contribution in [2.75, 3.05) is 25.5 Å². The first kappa shape index (κ1) is 13.1. The van der Waals surface area contributed by atoms with Crippen LogP contribution in [0.4, 0.5) is 5.69 Å². The van der Waals surface area contributed by atoms with Crippen LogP contribution in [0.2, 0.25) is 0 Å². The van der Waals surface area contributed by atoms with Crippen LogP contribution in [0.5, 0.6) is 0 Å². The van der Waals surface area contributed by atoms with Gasteiger partial charge < -0.3 is 10.6 Å². The van der Waals surface area contributed by atoms with Gasteiger partial charge in [0.25, 0.3) is 0 Å². The Balaban J connectivity index is 1.91. The molecular formula is C14H21N3O. The quantitative estimate of drug-likeness (QED) is 0.846. The molecule has 0 radical (unpaired) electrons. The van der Waals surface area contributed by atoms with Gasteiger partial charge in [-0.25, -0.2) is 0 Å². The number of hydrogen-bond donors (Lipinski definition) is 2. The molecule has 1 heterocycles. The van der Waals surface area contributed by atoms with E-state index in [4.69, 9.17) is 0 Å². The summed E-state index contributed by atoms with van der Waals surface area (Å²) in [6.07, 6.45) is 1.22. The maximum absolute atomic E-state index is 10.9. The van der Waals surface area contributed by atoms with Crippen LogP contribution >= 0.6 is 0 Å². The minimum absolute atomic E-state index is 0.0306. The lowest BCUT2D eigenvalue weighted by Crippen LogP contribution is -2.32. The van der Waals surface area contributed by atoms with Crippen LogP contribution in [0.25, 0.3) is 0 Å². The van der Waals surface area contributed by atoms with Crippen molar-refractivity contribution in [3.63, 3.8) is 0 Å². The fraction of sp³-hybridized carbons (Fsp3) is 0.500. The molecule has 98 valence electrons. The molecule has 1 aliphatic heterocycles. The minimum Gasteiger partial charge on any atom is -0.326 e. The molecule has 1 amide bonds. The zero-order valence-electron chi connectivity index (χ0n) is 11.1. The van der Waals surface area contributed by atoms with E-state index < -0.39 is 0 Å². The maximum atomic E-state index is 10.9. The average molecular weight is 247 g/mol. The number of benzene rings is 1. The van der Waals surface area contributed by atoms with Crippen molar-refractivity contribution in [1.29, 1.82) is 0 Å². The Hall–Kier alpha value is -1.39. The highest BCUT2D eigenvalue weighted by Crippen LogP contribution is 2.14. The first-order valence-electron chi connectivity index (χ1n) is 6.42. The molecule has 4 heteroatoms. The summed E-state index contributed by atoms with van der Waals surface area (Å²) >= 11 is 0. The SMILES string of the molecule is CC(=O)Nc1ccc(CN(C)C2CCNC2)cc1. The number of amides is 1. The lowest BCUT2D eigenvalue weighted by molar-refractivity contribution is -0.114. The minimum atomic E-state index is -0.0306. The number of likely N-dealkylation sites (N-methyl/N-ethyl adjacent to an activating group) is 1. The second-order valence-electron chi connectivity index (χ2n) is 4.94. The molecule has 1 atom stereocenters. The summed E-state index contributed by atoms with van der Waals surface area (Å²) in [5.74, 6) is -0.0306. The highest BCUT2D eigenvalue weighted by Gasteiger charge is 2.18. The van der Waals surface area contributed by atoms with Crippen LogP contribution in [-0.4, -0.2) is 37.0 Å². The van der Waals surface area contributed by atoms with Crippen molar-refractivity contribution in [3.8, 4) is 0 Å². The Bertz CT molecular complexity index is 396. The van der Waals surface area contributed by atoms with Gasteiger partial charge in [-0.15, -0.1) is 0 Å².